The van der Waals surface area contributed by atoms with Gasteiger partial charge in [-0.2, -0.15) is 0 Å². The lowest BCUT2D eigenvalue weighted by Gasteiger charge is -2.30. The van der Waals surface area contributed by atoms with Crippen molar-refractivity contribution < 1.29 is 45.9 Å². The Morgan fingerprint density at radius 2 is 1.90 bits per heavy atom. The average molecular weight is 721 g/mol. The Kier molecular flexibility index (Phi) is 9.81. The third-order valence-electron chi connectivity index (χ3n) is 10.2. The quantitative estimate of drug-likeness (QED) is 0.341. The number of urea groups is 1. The zero-order chi connectivity index (χ0) is 36.0. The molecule has 0 aromatic heterocycles. The number of aryl methyl sites for hydroxylation is 1. The molecule has 3 aliphatic heterocycles. The van der Waals surface area contributed by atoms with Crippen molar-refractivity contribution in [2.45, 2.75) is 99.9 Å². The van der Waals surface area contributed by atoms with Crippen LogP contribution in [0.2, 0.25) is 0 Å². The van der Waals surface area contributed by atoms with E-state index in [2.05, 4.69) is 21.9 Å². The molecule has 5 atom stereocenters. The highest BCUT2D eigenvalue weighted by Crippen LogP contribution is 2.45. The van der Waals surface area contributed by atoms with E-state index in [9.17, 15) is 41.2 Å². The fourth-order valence-corrected chi connectivity index (χ4v) is 8.45. The number of amides is 6. The second-order valence-electron chi connectivity index (χ2n) is 13.8. The van der Waals surface area contributed by atoms with Crippen LogP contribution in [0.4, 0.5) is 18.4 Å². The van der Waals surface area contributed by atoms with Gasteiger partial charge >= 0.3 is 12.1 Å². The van der Waals surface area contributed by atoms with Gasteiger partial charge in [0.15, 0.2) is 0 Å². The Balaban J connectivity index is 1.27. The zero-order valence-corrected chi connectivity index (χ0v) is 28.6. The lowest BCUT2D eigenvalue weighted by Crippen LogP contribution is -2.59. The van der Waals surface area contributed by atoms with E-state index < -0.39 is 87.6 Å². The van der Waals surface area contributed by atoms with Crippen molar-refractivity contribution in [2.75, 3.05) is 20.1 Å². The minimum Gasteiger partial charge on any atom is -0.444 e. The number of alkyl halides is 2. The summed E-state index contributed by atoms with van der Waals surface area (Å²) in [5.41, 5.74) is 1.38. The second kappa shape index (κ2) is 13.8. The molecule has 2 aliphatic carbocycles. The van der Waals surface area contributed by atoms with Crippen LogP contribution in [-0.2, 0) is 48.7 Å². The number of rotatable bonds is 8. The Bertz CT molecular complexity index is 1690. The molecule has 0 unspecified atom stereocenters. The normalized spacial score (nSPS) is 28.8. The summed E-state index contributed by atoms with van der Waals surface area (Å²) in [6.45, 7) is 4.22. The van der Waals surface area contributed by atoms with E-state index >= 15 is 0 Å². The third kappa shape index (κ3) is 7.28. The van der Waals surface area contributed by atoms with Gasteiger partial charge < -0.3 is 25.2 Å². The molecule has 1 saturated heterocycles. The summed E-state index contributed by atoms with van der Waals surface area (Å²) in [5, 5.41) is 4.31. The molecular formula is C33H42F2N6O8S. The number of benzene rings is 1. The van der Waals surface area contributed by atoms with Gasteiger partial charge in [0.05, 0.1) is 11.8 Å². The van der Waals surface area contributed by atoms with Crippen LogP contribution in [0.15, 0.2) is 30.9 Å². The van der Waals surface area contributed by atoms with Crippen LogP contribution in [-0.4, -0.2) is 109 Å². The summed E-state index contributed by atoms with van der Waals surface area (Å²) in [6, 6.07) is 1.97. The molecule has 5 aliphatic rings. The van der Waals surface area contributed by atoms with E-state index in [4.69, 9.17) is 4.74 Å². The van der Waals surface area contributed by atoms with E-state index in [0.717, 1.165) is 21.6 Å². The first kappa shape index (κ1) is 35.5. The molecule has 3 N–H and O–H groups in total. The molecule has 17 heteroatoms. The number of carbonyl (C=O) groups is 5. The maximum Gasteiger partial charge on any atom is 0.410 e. The Morgan fingerprint density at radius 1 is 1.16 bits per heavy atom. The molecule has 6 rings (SSSR count). The van der Waals surface area contributed by atoms with Crippen molar-refractivity contribution in [3.8, 4) is 0 Å². The van der Waals surface area contributed by atoms with Gasteiger partial charge in [0.1, 0.15) is 23.7 Å². The van der Waals surface area contributed by atoms with Crippen LogP contribution < -0.4 is 15.4 Å². The van der Waals surface area contributed by atoms with Crippen LogP contribution in [0, 0.1) is 5.92 Å². The van der Waals surface area contributed by atoms with Gasteiger partial charge in [0.2, 0.25) is 28.3 Å². The largest absolute Gasteiger partial charge is 0.444 e. The monoisotopic (exact) mass is 720 g/mol. The summed E-state index contributed by atoms with van der Waals surface area (Å²) in [6.07, 6.45) is -1.72. The average Bonchev–Trinajstić information content (AvgIpc) is 3.95. The van der Waals surface area contributed by atoms with E-state index in [1.54, 1.807) is 0 Å². The van der Waals surface area contributed by atoms with Crippen LogP contribution >= 0.6 is 0 Å². The number of carbonyl (C=O) groups excluding carboxylic acids is 5. The number of halogens is 2. The first-order chi connectivity index (χ1) is 23.7. The third-order valence-corrected chi connectivity index (χ3v) is 12.1. The van der Waals surface area contributed by atoms with Gasteiger partial charge in [-0.1, -0.05) is 24.3 Å². The summed E-state index contributed by atoms with van der Waals surface area (Å²) >= 11 is 0. The number of nitrogens with one attached hydrogen (secondary N) is 3. The molecule has 272 valence electrons. The smallest absolute Gasteiger partial charge is 0.410 e. The van der Waals surface area contributed by atoms with Crippen molar-refractivity contribution in [1.29, 1.82) is 0 Å². The maximum absolute atomic E-state index is 14.0. The summed E-state index contributed by atoms with van der Waals surface area (Å²) < 4.78 is 60.6. The predicted molar refractivity (Wildman–Crippen MR) is 174 cm³/mol. The number of ether oxygens (including phenoxy) is 1. The molecule has 3 heterocycles. The molecule has 0 radical (unpaired) electrons. The SMILES string of the molecule is C=C[C@@H]1C[C@]1(NC(=O)[C@@H]1C[C@@H]2CN1C(=O)[C@H](CC(F)F)NC(=O)N(C)CCCCc1cccc3c1CN(C3)C(=O)O2)C(=O)NS(=O)(=O)C1CC1. The van der Waals surface area contributed by atoms with Gasteiger partial charge in [0.25, 0.3) is 5.91 Å². The molecule has 14 nitrogen and oxygen atoms in total. The van der Waals surface area contributed by atoms with Crippen molar-refractivity contribution >= 4 is 39.9 Å². The number of hydrogen-bond donors (Lipinski definition) is 3. The maximum atomic E-state index is 14.0. The highest BCUT2D eigenvalue weighted by molar-refractivity contribution is 7.91. The van der Waals surface area contributed by atoms with Crippen molar-refractivity contribution in [2.24, 2.45) is 5.92 Å². The second-order valence-corrected chi connectivity index (χ2v) is 15.8. The summed E-state index contributed by atoms with van der Waals surface area (Å²) in [7, 11) is -2.47. The Morgan fingerprint density at radius 3 is 2.58 bits per heavy atom. The number of sulfonamides is 1. The fraction of sp³-hybridized carbons (Fsp3) is 0.606. The molecule has 1 aromatic rings. The lowest BCUT2D eigenvalue weighted by atomic mass is 9.99. The molecule has 6 amide bonds. The molecule has 2 saturated carbocycles. The van der Waals surface area contributed by atoms with Crippen LogP contribution in [0.1, 0.15) is 61.6 Å². The highest BCUT2D eigenvalue weighted by Gasteiger charge is 2.62. The Labute approximate surface area is 289 Å². The van der Waals surface area contributed by atoms with E-state index in [1.807, 2.05) is 18.2 Å². The van der Waals surface area contributed by atoms with Crippen molar-refractivity contribution in [3.63, 3.8) is 0 Å². The standard InChI is InChI=1S/C33H42F2N6O8S/c1-3-21-15-33(21,30(44)38-50(47,48)23-10-11-23)37-28(42)26-13-22-17-41(26)29(43)25(14-27(34)35)36-31(45)39(2)12-5-4-7-19-8-6-9-20-16-40(18-24(19)20)32(46)49-22/h3,6,8-9,21-23,25-27H,1,4-5,7,10-18H2,2H3,(H,36,45)(H,37,42)(H,38,44)/t21-,22-,25+,26+,33-/m1/s1. The number of nitrogens with zero attached hydrogens (tertiary/aromatic N) is 3. The molecule has 1 aromatic carbocycles. The van der Waals surface area contributed by atoms with E-state index in [0.29, 0.717) is 45.2 Å². The van der Waals surface area contributed by atoms with Crippen LogP contribution in [0.25, 0.3) is 0 Å². The minimum atomic E-state index is -3.96. The molecule has 50 heavy (non-hydrogen) atoms. The Hall–Kier alpha value is -4.28. The molecule has 3 fully saturated rings. The van der Waals surface area contributed by atoms with Crippen molar-refractivity contribution in [3.05, 3.63) is 47.5 Å². The van der Waals surface area contributed by atoms with Gasteiger partial charge in [-0.05, 0) is 55.2 Å². The van der Waals surface area contributed by atoms with Crippen molar-refractivity contribution in [1.82, 2.24) is 30.1 Å². The van der Waals surface area contributed by atoms with Crippen LogP contribution in [0.5, 0.6) is 0 Å². The van der Waals surface area contributed by atoms with Gasteiger partial charge in [-0.3, -0.25) is 24.0 Å². The zero-order valence-electron chi connectivity index (χ0n) is 27.7. The first-order valence-electron chi connectivity index (χ1n) is 16.9. The predicted octanol–water partition coefficient (Wildman–Crippen LogP) is 1.78. The van der Waals surface area contributed by atoms with Gasteiger partial charge in [0, 0.05) is 45.4 Å². The first-order valence-corrected chi connectivity index (χ1v) is 18.4. The van der Waals surface area contributed by atoms with Gasteiger partial charge in [-0.15, -0.1) is 6.58 Å². The van der Waals surface area contributed by atoms with E-state index in [1.165, 1.54) is 22.9 Å². The number of fused-ring (bicyclic) bond motifs is 3. The molecular weight excluding hydrogens is 678 g/mol. The topological polar surface area (TPSA) is 175 Å². The lowest BCUT2D eigenvalue weighted by molar-refractivity contribution is -0.141. The summed E-state index contributed by atoms with van der Waals surface area (Å²) in [5.74, 6) is -3.43. The fourth-order valence-electron chi connectivity index (χ4n) is 7.09. The minimum absolute atomic E-state index is 0.0429. The molecule has 4 bridgehead atoms. The number of hydrogen-bond acceptors (Lipinski definition) is 8. The summed E-state index contributed by atoms with van der Waals surface area (Å²) in [4.78, 5) is 71.6. The highest BCUT2D eigenvalue weighted by atomic mass is 32.2. The van der Waals surface area contributed by atoms with E-state index in [-0.39, 0.29) is 25.9 Å². The van der Waals surface area contributed by atoms with Gasteiger partial charge in [-0.25, -0.2) is 26.8 Å². The molecule has 0 spiro atoms. The van der Waals surface area contributed by atoms with Crippen LogP contribution in [0.3, 0.4) is 0 Å².